The predicted molar refractivity (Wildman–Crippen MR) is 147 cm³/mol. The highest BCUT2D eigenvalue weighted by Crippen LogP contribution is 2.32. The number of carbonyl (C=O) groups excluding carboxylic acids is 2. The topological polar surface area (TPSA) is 97.8 Å². The normalized spacial score (nSPS) is 14.4. The molecule has 0 unspecified atom stereocenters. The summed E-state index contributed by atoms with van der Waals surface area (Å²) in [5, 5.41) is 12.7. The number of carbonyl (C=O) groups is 2. The molecule has 0 radical (unpaired) electrons. The predicted octanol–water partition coefficient (Wildman–Crippen LogP) is 6.13. The van der Waals surface area contributed by atoms with Crippen molar-refractivity contribution in [1.82, 2.24) is 10.3 Å². The highest BCUT2D eigenvalue weighted by molar-refractivity contribution is 5.97. The van der Waals surface area contributed by atoms with Crippen LogP contribution in [0.2, 0.25) is 0 Å². The van der Waals surface area contributed by atoms with Gasteiger partial charge in [-0.25, -0.2) is 14.2 Å². The number of amides is 1. The van der Waals surface area contributed by atoms with E-state index in [0.717, 1.165) is 17.7 Å². The monoisotopic (exact) mass is 590 g/mol. The van der Waals surface area contributed by atoms with Gasteiger partial charge in [-0.2, -0.15) is 13.2 Å². The molecule has 3 aromatic rings. The Morgan fingerprint density at radius 2 is 1.57 bits per heavy atom. The summed E-state index contributed by atoms with van der Waals surface area (Å²) in [4.78, 5) is 29.6. The molecule has 0 aliphatic rings. The minimum absolute atomic E-state index is 0.0429. The van der Waals surface area contributed by atoms with Gasteiger partial charge in [-0.3, -0.25) is 4.79 Å². The lowest BCUT2D eigenvalue weighted by Crippen LogP contribution is -2.42. The van der Waals surface area contributed by atoms with Crippen molar-refractivity contribution >= 4 is 11.9 Å². The number of nitrogens with one attached hydrogen (secondary N) is 1. The Kier molecular flexibility index (Phi) is 10.9. The molecule has 2 aromatic carbocycles. The van der Waals surface area contributed by atoms with Gasteiger partial charge in [0.05, 0.1) is 12.7 Å². The average Bonchev–Trinajstić information content (AvgIpc) is 2.95. The standard InChI is InChI=1S/C31H34F4N2O5/c1-5-22(16-20-6-10-23(11-7-20)31(33,34)35)25(17-21-8-12-24(32)13-9-21)19(3)42-30(40)18(2)37-29(39)27-28(38)26(41-4)14-15-36-27/h6-15,18-19,22,25,38H,5,16-17H2,1-4H3,(H,37,39)/t18-,19-,22+,25-/m0/s1. The molecule has 3 rings (SSSR count). The van der Waals surface area contributed by atoms with Gasteiger partial charge in [0.1, 0.15) is 18.0 Å². The zero-order valence-corrected chi connectivity index (χ0v) is 23.7. The lowest BCUT2D eigenvalue weighted by Gasteiger charge is -2.32. The maximum absolute atomic E-state index is 13.6. The van der Waals surface area contributed by atoms with Crippen molar-refractivity contribution in [3.63, 3.8) is 0 Å². The molecular formula is C31H34F4N2O5. The first kappa shape index (κ1) is 32.4. The summed E-state index contributed by atoms with van der Waals surface area (Å²) in [5.41, 5.74) is 0.441. The summed E-state index contributed by atoms with van der Waals surface area (Å²) in [5.74, 6) is -2.77. The fourth-order valence-corrected chi connectivity index (χ4v) is 4.80. The van der Waals surface area contributed by atoms with Crippen LogP contribution in [0.4, 0.5) is 17.6 Å². The van der Waals surface area contributed by atoms with Gasteiger partial charge in [-0.05, 0) is 68.0 Å². The van der Waals surface area contributed by atoms with Gasteiger partial charge in [-0.1, -0.05) is 37.6 Å². The average molecular weight is 591 g/mol. The van der Waals surface area contributed by atoms with Crippen LogP contribution in [0.15, 0.2) is 60.8 Å². The van der Waals surface area contributed by atoms with Crippen molar-refractivity contribution in [2.45, 2.75) is 58.4 Å². The van der Waals surface area contributed by atoms with Gasteiger partial charge in [0.2, 0.25) is 0 Å². The number of rotatable bonds is 12. The quantitative estimate of drug-likeness (QED) is 0.195. The number of esters is 1. The lowest BCUT2D eigenvalue weighted by molar-refractivity contribution is -0.153. The number of benzene rings is 2. The molecule has 2 N–H and O–H groups in total. The fourth-order valence-electron chi connectivity index (χ4n) is 4.80. The van der Waals surface area contributed by atoms with Crippen molar-refractivity contribution in [2.24, 2.45) is 11.8 Å². The Labute approximate surface area is 241 Å². The second-order valence-corrected chi connectivity index (χ2v) is 10.1. The fraction of sp³-hybridized carbons (Fsp3) is 0.387. The van der Waals surface area contributed by atoms with E-state index in [2.05, 4.69) is 10.3 Å². The number of halogens is 4. The molecule has 42 heavy (non-hydrogen) atoms. The van der Waals surface area contributed by atoms with Gasteiger partial charge in [-0.15, -0.1) is 0 Å². The third-order valence-electron chi connectivity index (χ3n) is 7.22. The minimum Gasteiger partial charge on any atom is -0.503 e. The highest BCUT2D eigenvalue weighted by Gasteiger charge is 2.32. The van der Waals surface area contributed by atoms with E-state index in [1.807, 2.05) is 6.92 Å². The summed E-state index contributed by atoms with van der Waals surface area (Å²) in [6.07, 6.45) is -2.37. The number of pyridine rings is 1. The molecule has 0 aliphatic heterocycles. The first-order valence-corrected chi connectivity index (χ1v) is 13.5. The van der Waals surface area contributed by atoms with Gasteiger partial charge < -0.3 is 19.9 Å². The zero-order valence-electron chi connectivity index (χ0n) is 23.7. The number of hydrogen-bond acceptors (Lipinski definition) is 6. The Hall–Kier alpha value is -4.15. The molecule has 0 saturated heterocycles. The Morgan fingerprint density at radius 3 is 2.14 bits per heavy atom. The van der Waals surface area contributed by atoms with Crippen LogP contribution in [-0.2, 0) is 28.5 Å². The van der Waals surface area contributed by atoms with E-state index in [1.165, 1.54) is 50.6 Å². The molecule has 4 atom stereocenters. The number of hydrogen-bond donors (Lipinski definition) is 2. The van der Waals surface area contributed by atoms with E-state index in [0.29, 0.717) is 24.8 Å². The number of aromatic nitrogens is 1. The molecule has 0 saturated carbocycles. The molecule has 11 heteroatoms. The van der Waals surface area contributed by atoms with E-state index in [-0.39, 0.29) is 23.3 Å². The Bertz CT molecular complexity index is 1350. The highest BCUT2D eigenvalue weighted by atomic mass is 19.4. The molecule has 226 valence electrons. The van der Waals surface area contributed by atoms with Crippen LogP contribution in [0.5, 0.6) is 11.5 Å². The zero-order chi connectivity index (χ0) is 31.0. The van der Waals surface area contributed by atoms with E-state index < -0.39 is 47.3 Å². The van der Waals surface area contributed by atoms with Crippen LogP contribution in [0, 0.1) is 17.7 Å². The SMILES string of the molecule is CC[C@H](Cc1ccc(C(F)(F)F)cc1)[C@@H](Cc1ccc(F)cc1)[C@H](C)OC(=O)[C@H](C)NC(=O)c1nccc(OC)c1O. The van der Waals surface area contributed by atoms with Crippen LogP contribution in [0.25, 0.3) is 0 Å². The van der Waals surface area contributed by atoms with Crippen molar-refractivity contribution in [1.29, 1.82) is 0 Å². The van der Waals surface area contributed by atoms with E-state index in [9.17, 15) is 32.3 Å². The molecule has 0 spiro atoms. The smallest absolute Gasteiger partial charge is 0.416 e. The third-order valence-corrected chi connectivity index (χ3v) is 7.22. The van der Waals surface area contributed by atoms with Crippen molar-refractivity contribution in [2.75, 3.05) is 7.11 Å². The number of alkyl halides is 3. The minimum atomic E-state index is -4.44. The Morgan fingerprint density at radius 1 is 0.976 bits per heavy atom. The Balaban J connectivity index is 1.77. The van der Waals surface area contributed by atoms with Crippen molar-refractivity contribution < 1.29 is 41.7 Å². The lowest BCUT2D eigenvalue weighted by atomic mass is 9.78. The van der Waals surface area contributed by atoms with Crippen LogP contribution < -0.4 is 10.1 Å². The number of ether oxygens (including phenoxy) is 2. The largest absolute Gasteiger partial charge is 0.503 e. The molecule has 1 aromatic heterocycles. The maximum atomic E-state index is 13.6. The van der Waals surface area contributed by atoms with E-state index in [4.69, 9.17) is 9.47 Å². The summed E-state index contributed by atoms with van der Waals surface area (Å²) < 4.78 is 63.5. The molecular weight excluding hydrogens is 556 g/mol. The van der Waals surface area contributed by atoms with E-state index >= 15 is 0 Å². The molecule has 0 fully saturated rings. The van der Waals surface area contributed by atoms with Gasteiger partial charge >= 0.3 is 12.1 Å². The molecule has 7 nitrogen and oxygen atoms in total. The second-order valence-electron chi connectivity index (χ2n) is 10.1. The van der Waals surface area contributed by atoms with Crippen molar-refractivity contribution in [3.05, 3.63) is 89.0 Å². The van der Waals surface area contributed by atoms with Crippen molar-refractivity contribution in [3.8, 4) is 11.5 Å². The second kappa shape index (κ2) is 14.2. The third kappa shape index (κ3) is 8.43. The maximum Gasteiger partial charge on any atom is 0.416 e. The number of methoxy groups -OCH3 is 1. The van der Waals surface area contributed by atoms with Crippen LogP contribution in [0.1, 0.15) is 54.4 Å². The summed E-state index contributed by atoms with van der Waals surface area (Å²) in [6.45, 7) is 5.08. The number of nitrogens with zero attached hydrogens (tertiary/aromatic N) is 1. The molecule has 1 amide bonds. The first-order chi connectivity index (χ1) is 19.8. The van der Waals surface area contributed by atoms with Crippen LogP contribution in [0.3, 0.4) is 0 Å². The van der Waals surface area contributed by atoms with Gasteiger partial charge in [0.25, 0.3) is 5.91 Å². The summed E-state index contributed by atoms with van der Waals surface area (Å²) >= 11 is 0. The van der Waals surface area contributed by atoms with Gasteiger partial charge in [0, 0.05) is 18.2 Å². The first-order valence-electron chi connectivity index (χ1n) is 13.5. The summed E-state index contributed by atoms with van der Waals surface area (Å²) in [7, 11) is 1.32. The summed E-state index contributed by atoms with van der Waals surface area (Å²) in [6, 6.07) is 11.2. The van der Waals surface area contributed by atoms with E-state index in [1.54, 1.807) is 19.1 Å². The van der Waals surface area contributed by atoms with Crippen LogP contribution in [-0.4, -0.2) is 41.2 Å². The molecule has 0 bridgehead atoms. The molecule has 1 heterocycles. The number of aromatic hydroxyl groups is 1. The van der Waals surface area contributed by atoms with Crippen LogP contribution >= 0.6 is 0 Å². The molecule has 0 aliphatic carbocycles. The van der Waals surface area contributed by atoms with Gasteiger partial charge in [0.15, 0.2) is 17.2 Å².